The van der Waals surface area contributed by atoms with E-state index in [1.807, 2.05) is 24.4 Å². The fourth-order valence-corrected chi connectivity index (χ4v) is 4.04. The number of rotatable bonds is 5. The lowest BCUT2D eigenvalue weighted by molar-refractivity contribution is 0.0940. The number of hydrogen-bond donors (Lipinski definition) is 2. The normalized spacial score (nSPS) is 12.9. The van der Waals surface area contributed by atoms with E-state index in [0.29, 0.717) is 11.1 Å². The van der Waals surface area contributed by atoms with Gasteiger partial charge in [0.2, 0.25) is 10.0 Å². The van der Waals surface area contributed by atoms with E-state index in [-0.39, 0.29) is 16.8 Å². The Morgan fingerprint density at radius 3 is 2.52 bits per heavy atom. The van der Waals surface area contributed by atoms with E-state index in [4.69, 9.17) is 0 Å². The lowest BCUT2D eigenvalue weighted by atomic mass is 10.1. The summed E-state index contributed by atoms with van der Waals surface area (Å²) in [7, 11) is -2.25. The summed E-state index contributed by atoms with van der Waals surface area (Å²) >= 11 is 1.56. The second-order valence-electron chi connectivity index (χ2n) is 5.33. The van der Waals surface area contributed by atoms with Crippen molar-refractivity contribution in [3.05, 3.63) is 51.2 Å². The molecule has 0 saturated carbocycles. The highest BCUT2D eigenvalue weighted by molar-refractivity contribution is 7.89. The molecule has 1 aromatic heterocycles. The van der Waals surface area contributed by atoms with Crippen molar-refractivity contribution in [2.75, 3.05) is 7.05 Å². The zero-order chi connectivity index (χ0) is 17.2. The van der Waals surface area contributed by atoms with Gasteiger partial charge in [0, 0.05) is 10.4 Å². The zero-order valence-electron chi connectivity index (χ0n) is 13.5. The van der Waals surface area contributed by atoms with Gasteiger partial charge in [0.25, 0.3) is 5.91 Å². The average Bonchev–Trinajstić information content (AvgIpc) is 3.03. The first-order valence-corrected chi connectivity index (χ1v) is 9.51. The number of carbonyl (C=O) groups excluding carboxylic acids is 1. The molecule has 1 heterocycles. The van der Waals surface area contributed by atoms with Gasteiger partial charge in [0.15, 0.2) is 0 Å². The largest absolute Gasteiger partial charge is 0.345 e. The summed E-state index contributed by atoms with van der Waals surface area (Å²) in [5.74, 6) is -0.290. The molecule has 0 saturated heterocycles. The fraction of sp³-hybridized carbons (Fsp3) is 0.312. The van der Waals surface area contributed by atoms with E-state index in [2.05, 4.69) is 10.0 Å². The van der Waals surface area contributed by atoms with Crippen molar-refractivity contribution in [3.8, 4) is 0 Å². The van der Waals surface area contributed by atoms with Crippen molar-refractivity contribution in [2.45, 2.75) is 31.7 Å². The molecule has 1 amide bonds. The van der Waals surface area contributed by atoms with Crippen LogP contribution in [0.25, 0.3) is 0 Å². The summed E-state index contributed by atoms with van der Waals surface area (Å²) in [4.78, 5) is 13.6. The molecule has 2 aromatic rings. The molecule has 0 aliphatic heterocycles. The quantitative estimate of drug-likeness (QED) is 0.869. The van der Waals surface area contributed by atoms with Gasteiger partial charge in [0.1, 0.15) is 0 Å². The highest BCUT2D eigenvalue weighted by Crippen LogP contribution is 2.22. The number of benzene rings is 1. The first kappa shape index (κ1) is 17.7. The molecule has 0 unspecified atom stereocenters. The smallest absolute Gasteiger partial charge is 0.251 e. The molecule has 2 rings (SSSR count). The van der Waals surface area contributed by atoms with Gasteiger partial charge in [0.05, 0.1) is 10.9 Å². The van der Waals surface area contributed by atoms with E-state index >= 15 is 0 Å². The number of hydrogen-bond acceptors (Lipinski definition) is 4. The van der Waals surface area contributed by atoms with Crippen LogP contribution in [0.3, 0.4) is 0 Å². The van der Waals surface area contributed by atoms with Gasteiger partial charge < -0.3 is 5.32 Å². The number of carbonyl (C=O) groups is 1. The van der Waals surface area contributed by atoms with Crippen molar-refractivity contribution >= 4 is 27.3 Å². The minimum Gasteiger partial charge on any atom is -0.345 e. The second kappa shape index (κ2) is 6.82. The first-order chi connectivity index (χ1) is 10.8. The van der Waals surface area contributed by atoms with Crippen LogP contribution in [-0.4, -0.2) is 21.4 Å². The molecule has 1 aromatic carbocycles. The van der Waals surface area contributed by atoms with E-state index < -0.39 is 10.0 Å². The van der Waals surface area contributed by atoms with Crippen LogP contribution >= 0.6 is 11.3 Å². The number of thiophene rings is 1. The summed E-state index contributed by atoms with van der Waals surface area (Å²) in [5, 5.41) is 4.85. The topological polar surface area (TPSA) is 75.3 Å². The Hall–Kier alpha value is -1.70. The maximum absolute atomic E-state index is 12.5. The predicted octanol–water partition coefficient (Wildman–Crippen LogP) is 2.76. The molecule has 2 N–H and O–H groups in total. The third kappa shape index (κ3) is 3.80. The minimum atomic E-state index is -3.61. The molecule has 0 aliphatic rings. The van der Waals surface area contributed by atoms with Crippen LogP contribution in [0.4, 0.5) is 0 Å². The molecular weight excluding hydrogens is 332 g/mol. The van der Waals surface area contributed by atoms with E-state index in [1.165, 1.54) is 13.1 Å². The third-order valence-corrected chi connectivity index (χ3v) is 6.35. The predicted molar refractivity (Wildman–Crippen MR) is 92.4 cm³/mol. The third-order valence-electron chi connectivity index (χ3n) is 3.76. The Morgan fingerprint density at radius 1 is 1.26 bits per heavy atom. The Balaban J connectivity index is 2.35. The summed E-state index contributed by atoms with van der Waals surface area (Å²) < 4.78 is 26.5. The monoisotopic (exact) mass is 352 g/mol. The highest BCUT2D eigenvalue weighted by Gasteiger charge is 2.20. The maximum atomic E-state index is 12.5. The van der Waals surface area contributed by atoms with Crippen LogP contribution in [-0.2, 0) is 10.0 Å². The van der Waals surface area contributed by atoms with Crippen LogP contribution in [0.1, 0.15) is 39.3 Å². The maximum Gasteiger partial charge on any atom is 0.251 e. The minimum absolute atomic E-state index is 0.131. The summed E-state index contributed by atoms with van der Waals surface area (Å²) in [6.07, 6.45) is 0. The summed E-state index contributed by atoms with van der Waals surface area (Å²) in [6.45, 7) is 5.43. The van der Waals surface area contributed by atoms with Crippen molar-refractivity contribution in [2.24, 2.45) is 0 Å². The molecule has 5 nitrogen and oxygen atoms in total. The number of sulfonamides is 1. The molecule has 0 spiro atoms. The van der Waals surface area contributed by atoms with Gasteiger partial charge in [-0.15, -0.1) is 11.3 Å². The van der Waals surface area contributed by atoms with Crippen LogP contribution in [0.15, 0.2) is 34.5 Å². The van der Waals surface area contributed by atoms with Crippen LogP contribution in [0.2, 0.25) is 0 Å². The first-order valence-electron chi connectivity index (χ1n) is 7.15. The molecule has 1 atom stereocenters. The number of aryl methyl sites for hydroxylation is 1. The lowest BCUT2D eigenvalue weighted by Gasteiger charge is -2.15. The van der Waals surface area contributed by atoms with Gasteiger partial charge in [-0.05, 0) is 62.5 Å². The van der Waals surface area contributed by atoms with Crippen LogP contribution in [0, 0.1) is 13.8 Å². The van der Waals surface area contributed by atoms with Crippen LogP contribution < -0.4 is 10.0 Å². The summed E-state index contributed by atoms with van der Waals surface area (Å²) in [5.41, 5.74) is 1.74. The molecule has 7 heteroatoms. The standard InChI is InChI=1S/C16H20N2O3S2/c1-10-8-13(9-15(11(10)2)23(20,21)17-4)16(19)18-12(3)14-6-5-7-22-14/h5-9,12,17H,1-4H3,(H,18,19)/t12-/m0/s1. The molecule has 23 heavy (non-hydrogen) atoms. The van der Waals surface area contributed by atoms with Gasteiger partial charge in [-0.25, -0.2) is 13.1 Å². The molecule has 0 bridgehead atoms. The van der Waals surface area contributed by atoms with Crippen molar-refractivity contribution in [1.29, 1.82) is 0 Å². The zero-order valence-corrected chi connectivity index (χ0v) is 15.1. The second-order valence-corrected chi connectivity index (χ2v) is 8.17. The van der Waals surface area contributed by atoms with Gasteiger partial charge in [-0.2, -0.15) is 0 Å². The molecule has 0 radical (unpaired) electrons. The molecule has 0 aliphatic carbocycles. The Bertz CT molecular complexity index is 812. The number of amides is 1. The van der Waals surface area contributed by atoms with Gasteiger partial charge in [-0.3, -0.25) is 4.79 Å². The van der Waals surface area contributed by atoms with Gasteiger partial charge in [-0.1, -0.05) is 6.07 Å². The van der Waals surface area contributed by atoms with E-state index in [1.54, 1.807) is 31.3 Å². The Kier molecular flexibility index (Phi) is 5.23. The average molecular weight is 352 g/mol. The number of nitrogens with one attached hydrogen (secondary N) is 2. The Morgan fingerprint density at radius 2 is 1.96 bits per heavy atom. The highest BCUT2D eigenvalue weighted by atomic mass is 32.2. The van der Waals surface area contributed by atoms with Crippen molar-refractivity contribution in [3.63, 3.8) is 0 Å². The fourth-order valence-electron chi connectivity index (χ4n) is 2.24. The SMILES string of the molecule is CNS(=O)(=O)c1cc(C(=O)N[C@@H](C)c2cccs2)cc(C)c1C. The van der Waals surface area contributed by atoms with E-state index in [0.717, 1.165) is 10.4 Å². The molecule has 124 valence electrons. The van der Waals surface area contributed by atoms with Crippen molar-refractivity contribution in [1.82, 2.24) is 10.0 Å². The van der Waals surface area contributed by atoms with Crippen LogP contribution in [0.5, 0.6) is 0 Å². The van der Waals surface area contributed by atoms with Gasteiger partial charge >= 0.3 is 0 Å². The Labute approximate surface area is 140 Å². The van der Waals surface area contributed by atoms with E-state index in [9.17, 15) is 13.2 Å². The van der Waals surface area contributed by atoms with Crippen molar-refractivity contribution < 1.29 is 13.2 Å². The molecular formula is C16H20N2O3S2. The molecule has 0 fully saturated rings. The lowest BCUT2D eigenvalue weighted by Crippen LogP contribution is -2.27. The summed E-state index contributed by atoms with van der Waals surface area (Å²) in [6, 6.07) is 6.88.